The molecule has 3 nitrogen and oxygen atoms in total. The highest BCUT2D eigenvalue weighted by Gasteiger charge is 2.13. The molecule has 0 unspecified atom stereocenters. The van der Waals surface area contributed by atoms with Gasteiger partial charge < -0.3 is 9.84 Å². The highest BCUT2D eigenvalue weighted by molar-refractivity contribution is 6.32. The van der Waals surface area contributed by atoms with Crippen LogP contribution in [0.1, 0.15) is 24.2 Å². The molecule has 0 aromatic heterocycles. The molecule has 2 rings (SSSR count). The molecule has 0 aliphatic carbocycles. The number of aliphatic hydroxyl groups is 1. The second-order valence-electron chi connectivity index (χ2n) is 5.32. The molecular weight excluding hydrogens is 298 g/mol. The molecule has 0 saturated carbocycles. The van der Waals surface area contributed by atoms with Gasteiger partial charge in [-0.2, -0.15) is 0 Å². The van der Waals surface area contributed by atoms with Crippen LogP contribution in [0, 0.1) is 0 Å². The lowest BCUT2D eigenvalue weighted by Gasteiger charge is -2.21. The van der Waals surface area contributed by atoms with Crippen LogP contribution >= 0.6 is 11.6 Å². The summed E-state index contributed by atoms with van der Waals surface area (Å²) in [4.78, 5) is 2.09. The molecule has 118 valence electrons. The molecule has 2 aromatic carbocycles. The molecule has 0 radical (unpaired) electrons. The fourth-order valence-corrected chi connectivity index (χ4v) is 2.60. The van der Waals surface area contributed by atoms with Crippen molar-refractivity contribution in [1.29, 1.82) is 0 Å². The van der Waals surface area contributed by atoms with Crippen molar-refractivity contribution in [1.82, 2.24) is 4.90 Å². The smallest absolute Gasteiger partial charge is 0.137 e. The van der Waals surface area contributed by atoms with Crippen molar-refractivity contribution in [3.63, 3.8) is 0 Å². The molecule has 0 aliphatic heterocycles. The monoisotopic (exact) mass is 319 g/mol. The summed E-state index contributed by atoms with van der Waals surface area (Å²) in [5.74, 6) is 0.651. The molecule has 22 heavy (non-hydrogen) atoms. The number of likely N-dealkylation sites (N-methyl/N-ethyl adjacent to an activating group) is 1. The molecule has 1 atom stereocenters. The zero-order valence-corrected chi connectivity index (χ0v) is 13.8. The number of halogens is 1. The number of aliphatic hydroxyl groups excluding tert-OH is 1. The van der Waals surface area contributed by atoms with Gasteiger partial charge in [0.25, 0.3) is 0 Å². The Balaban J connectivity index is 1.96. The first-order chi connectivity index (χ1) is 10.6. The lowest BCUT2D eigenvalue weighted by atomic mass is 10.1. The predicted octanol–water partition coefficient (Wildman–Crippen LogP) is 3.90. The van der Waals surface area contributed by atoms with E-state index in [1.165, 1.54) is 5.56 Å². The van der Waals surface area contributed by atoms with Crippen LogP contribution in [0.2, 0.25) is 5.02 Å². The molecule has 0 saturated heterocycles. The van der Waals surface area contributed by atoms with Gasteiger partial charge in [0.15, 0.2) is 0 Å². The third kappa shape index (κ3) is 4.73. The van der Waals surface area contributed by atoms with Crippen molar-refractivity contribution in [3.8, 4) is 5.75 Å². The number of hydrogen-bond donors (Lipinski definition) is 1. The lowest BCUT2D eigenvalue weighted by Crippen LogP contribution is -2.24. The fraction of sp³-hybridized carbons (Fsp3) is 0.333. The SMILES string of the molecule is CCOc1ccc([C@@H](O)CN(C)Cc2ccccc2)cc1Cl. The third-order valence-corrected chi connectivity index (χ3v) is 3.72. The summed E-state index contributed by atoms with van der Waals surface area (Å²) in [6.07, 6.45) is -0.582. The topological polar surface area (TPSA) is 32.7 Å². The molecule has 4 heteroatoms. The molecule has 0 fully saturated rings. The van der Waals surface area contributed by atoms with Crippen molar-refractivity contribution in [3.05, 3.63) is 64.7 Å². The summed E-state index contributed by atoms with van der Waals surface area (Å²) in [5.41, 5.74) is 2.02. The second-order valence-corrected chi connectivity index (χ2v) is 5.73. The Hall–Kier alpha value is -1.55. The van der Waals surface area contributed by atoms with Crippen LogP contribution < -0.4 is 4.74 Å². The molecule has 0 heterocycles. The normalized spacial score (nSPS) is 12.4. The van der Waals surface area contributed by atoms with E-state index in [0.29, 0.717) is 23.9 Å². The maximum absolute atomic E-state index is 10.4. The lowest BCUT2D eigenvalue weighted by molar-refractivity contribution is 0.124. The van der Waals surface area contributed by atoms with Gasteiger partial charge in [-0.3, -0.25) is 4.90 Å². The van der Waals surface area contributed by atoms with E-state index < -0.39 is 6.10 Å². The maximum atomic E-state index is 10.4. The highest BCUT2D eigenvalue weighted by Crippen LogP contribution is 2.28. The van der Waals surface area contributed by atoms with E-state index in [1.807, 2.05) is 44.3 Å². The summed E-state index contributed by atoms with van der Waals surface area (Å²) >= 11 is 6.17. The van der Waals surface area contributed by atoms with Crippen molar-refractivity contribution in [2.24, 2.45) is 0 Å². The Morgan fingerprint density at radius 3 is 2.55 bits per heavy atom. The third-order valence-electron chi connectivity index (χ3n) is 3.42. The molecule has 0 bridgehead atoms. The first kappa shape index (κ1) is 16.8. The van der Waals surface area contributed by atoms with Crippen LogP contribution in [0.3, 0.4) is 0 Å². The number of benzene rings is 2. The van der Waals surface area contributed by atoms with Crippen LogP contribution in [0.25, 0.3) is 0 Å². The highest BCUT2D eigenvalue weighted by atomic mass is 35.5. The van der Waals surface area contributed by atoms with Gasteiger partial charge in [-0.1, -0.05) is 48.0 Å². The van der Waals surface area contributed by atoms with Crippen molar-refractivity contribution in [2.75, 3.05) is 20.2 Å². The summed E-state index contributed by atoms with van der Waals surface area (Å²) in [6, 6.07) is 15.6. The van der Waals surface area contributed by atoms with Crippen LogP contribution in [-0.2, 0) is 6.54 Å². The van der Waals surface area contributed by atoms with Crippen molar-refractivity contribution in [2.45, 2.75) is 19.6 Å². The summed E-state index contributed by atoms with van der Waals surface area (Å²) < 4.78 is 5.41. The minimum Gasteiger partial charge on any atom is -0.492 e. The Labute approximate surface area is 137 Å². The van der Waals surface area contributed by atoms with E-state index >= 15 is 0 Å². The van der Waals surface area contributed by atoms with Gasteiger partial charge in [-0.25, -0.2) is 0 Å². The summed E-state index contributed by atoms with van der Waals surface area (Å²) in [6.45, 7) is 3.82. The molecule has 1 N–H and O–H groups in total. The van der Waals surface area contributed by atoms with E-state index in [9.17, 15) is 5.11 Å². The summed E-state index contributed by atoms with van der Waals surface area (Å²) in [7, 11) is 1.99. The first-order valence-corrected chi connectivity index (χ1v) is 7.80. The van der Waals surface area contributed by atoms with Crippen LogP contribution in [0.5, 0.6) is 5.75 Å². The van der Waals surface area contributed by atoms with E-state index in [-0.39, 0.29) is 0 Å². The van der Waals surface area contributed by atoms with E-state index in [2.05, 4.69) is 17.0 Å². The fourth-order valence-electron chi connectivity index (χ4n) is 2.36. The number of nitrogens with zero attached hydrogens (tertiary/aromatic N) is 1. The Morgan fingerprint density at radius 1 is 1.18 bits per heavy atom. The van der Waals surface area contributed by atoms with Gasteiger partial charge in [0.2, 0.25) is 0 Å². The van der Waals surface area contributed by atoms with Crippen LogP contribution in [0.15, 0.2) is 48.5 Å². The Bertz CT molecular complexity index is 589. The molecule has 0 spiro atoms. The first-order valence-electron chi connectivity index (χ1n) is 7.43. The van der Waals surface area contributed by atoms with E-state index in [0.717, 1.165) is 12.1 Å². The Morgan fingerprint density at radius 2 is 1.91 bits per heavy atom. The average Bonchev–Trinajstić information content (AvgIpc) is 2.50. The van der Waals surface area contributed by atoms with Gasteiger partial charge in [0.1, 0.15) is 5.75 Å². The zero-order chi connectivity index (χ0) is 15.9. The zero-order valence-electron chi connectivity index (χ0n) is 13.0. The Kier molecular flexibility index (Phi) is 6.25. The molecule has 0 amide bonds. The van der Waals surface area contributed by atoms with E-state index in [1.54, 1.807) is 6.07 Å². The summed E-state index contributed by atoms with van der Waals surface area (Å²) in [5, 5.41) is 10.9. The van der Waals surface area contributed by atoms with Gasteiger partial charge in [0, 0.05) is 13.1 Å². The number of hydrogen-bond acceptors (Lipinski definition) is 3. The van der Waals surface area contributed by atoms with Gasteiger partial charge in [-0.15, -0.1) is 0 Å². The van der Waals surface area contributed by atoms with Crippen LogP contribution in [0.4, 0.5) is 0 Å². The number of ether oxygens (including phenoxy) is 1. The maximum Gasteiger partial charge on any atom is 0.137 e. The molecule has 2 aromatic rings. The molecule has 0 aliphatic rings. The predicted molar refractivity (Wildman–Crippen MR) is 90.4 cm³/mol. The minimum atomic E-state index is -0.582. The van der Waals surface area contributed by atoms with Crippen molar-refractivity contribution < 1.29 is 9.84 Å². The standard InChI is InChI=1S/C18H22ClNO2/c1-3-22-18-10-9-15(11-16(18)19)17(21)13-20(2)12-14-7-5-4-6-8-14/h4-11,17,21H,3,12-13H2,1-2H3/t17-/m0/s1. The number of rotatable bonds is 7. The largest absolute Gasteiger partial charge is 0.492 e. The average molecular weight is 320 g/mol. The van der Waals surface area contributed by atoms with Gasteiger partial charge in [-0.05, 0) is 37.2 Å². The minimum absolute atomic E-state index is 0.532. The second kappa shape index (κ2) is 8.18. The molecular formula is C18H22ClNO2. The van der Waals surface area contributed by atoms with Crippen LogP contribution in [-0.4, -0.2) is 30.2 Å². The van der Waals surface area contributed by atoms with E-state index in [4.69, 9.17) is 16.3 Å². The van der Waals surface area contributed by atoms with Crippen molar-refractivity contribution >= 4 is 11.6 Å². The van der Waals surface area contributed by atoms with Gasteiger partial charge in [0.05, 0.1) is 17.7 Å². The van der Waals surface area contributed by atoms with Gasteiger partial charge >= 0.3 is 0 Å². The quantitative estimate of drug-likeness (QED) is 0.840.